The molecule has 10 nitrogen and oxygen atoms in total. The predicted molar refractivity (Wildman–Crippen MR) is 157 cm³/mol. The zero-order valence-corrected chi connectivity index (χ0v) is 22.8. The van der Waals surface area contributed by atoms with Gasteiger partial charge in [0, 0.05) is 50.2 Å². The van der Waals surface area contributed by atoms with Crippen molar-refractivity contribution >= 4 is 34.1 Å². The van der Waals surface area contributed by atoms with E-state index in [2.05, 4.69) is 51.9 Å². The summed E-state index contributed by atoms with van der Waals surface area (Å²) in [7, 11) is 2.16. The van der Waals surface area contributed by atoms with Gasteiger partial charge in [-0.25, -0.2) is 14.3 Å². The fraction of sp³-hybridized carbons (Fsp3) is 0.448. The largest absolute Gasteiger partial charge is 0.369 e. The molecule has 1 saturated heterocycles. The quantitative estimate of drug-likeness (QED) is 0.473. The highest BCUT2D eigenvalue weighted by Gasteiger charge is 2.35. The van der Waals surface area contributed by atoms with Crippen LogP contribution in [-0.4, -0.2) is 68.7 Å². The number of allylic oxidation sites excluding steroid dienone is 1. The zero-order valence-electron chi connectivity index (χ0n) is 22.8. The lowest BCUT2D eigenvalue weighted by Gasteiger charge is -2.36. The Morgan fingerprint density at radius 3 is 2.72 bits per heavy atom. The number of aromatic nitrogens is 4. The average molecular weight is 528 g/mol. The number of anilines is 3. The highest BCUT2D eigenvalue weighted by atomic mass is 16.1. The molecule has 3 aliphatic rings. The van der Waals surface area contributed by atoms with Gasteiger partial charge in [0.05, 0.1) is 17.8 Å². The van der Waals surface area contributed by atoms with Crippen molar-refractivity contribution in [3.05, 3.63) is 65.1 Å². The highest BCUT2D eigenvalue weighted by Crippen LogP contribution is 2.35. The maximum absolute atomic E-state index is 13.4. The minimum absolute atomic E-state index is 0.151. The molecular formula is C29H37N9O. The lowest BCUT2D eigenvalue weighted by molar-refractivity contribution is 0.313. The second kappa shape index (κ2) is 10.1. The van der Waals surface area contributed by atoms with Crippen LogP contribution in [-0.2, 0) is 6.54 Å². The Bertz CT molecular complexity index is 1500. The van der Waals surface area contributed by atoms with Crippen LogP contribution in [0.3, 0.4) is 0 Å². The van der Waals surface area contributed by atoms with Crippen molar-refractivity contribution in [1.82, 2.24) is 24.2 Å². The van der Waals surface area contributed by atoms with Gasteiger partial charge in [-0.1, -0.05) is 12.2 Å². The summed E-state index contributed by atoms with van der Waals surface area (Å²) in [5.74, 6) is 0.431. The highest BCUT2D eigenvalue weighted by molar-refractivity contribution is 6.07. The van der Waals surface area contributed by atoms with E-state index in [1.54, 1.807) is 17.0 Å². The molecule has 2 atom stereocenters. The van der Waals surface area contributed by atoms with E-state index in [-0.39, 0.29) is 11.7 Å². The zero-order chi connectivity index (χ0) is 27.1. The maximum atomic E-state index is 13.4. The fourth-order valence-corrected chi connectivity index (χ4v) is 5.94. The number of hydrogen-bond acceptors (Lipinski definition) is 8. The first kappa shape index (κ1) is 25.5. The second-order valence-electron chi connectivity index (χ2n) is 11.1. The van der Waals surface area contributed by atoms with E-state index in [9.17, 15) is 4.79 Å². The first-order chi connectivity index (χ1) is 18.8. The molecule has 2 aromatic heterocycles. The first-order valence-electron chi connectivity index (χ1n) is 13.8. The van der Waals surface area contributed by atoms with Crippen molar-refractivity contribution in [3.8, 4) is 0 Å². The molecular weight excluding hydrogens is 490 g/mol. The third-order valence-corrected chi connectivity index (χ3v) is 8.13. The summed E-state index contributed by atoms with van der Waals surface area (Å²) in [6.07, 6.45) is 8.86. The van der Waals surface area contributed by atoms with Crippen molar-refractivity contribution in [1.29, 1.82) is 0 Å². The normalized spacial score (nSPS) is 23.8. The number of piperazine rings is 1. The molecule has 0 amide bonds. The molecule has 204 valence electrons. The van der Waals surface area contributed by atoms with Gasteiger partial charge in [0.2, 0.25) is 5.95 Å². The summed E-state index contributed by atoms with van der Waals surface area (Å²) < 4.78 is 3.55. The molecule has 2 aliphatic heterocycles. The number of aliphatic imine (C=N–C) groups is 1. The molecule has 2 unspecified atom stereocenters. The number of nitrogens with zero attached hydrogens (tertiary/aromatic N) is 7. The van der Waals surface area contributed by atoms with Crippen molar-refractivity contribution < 1.29 is 0 Å². The SMILES string of the molecule is C=CCn1c(=O)c2cnc(Nc3ccc(N4CCN(C)CC4)cc3)nc2n1C1CC=C2CCCC(C)(N)C2=N1. The van der Waals surface area contributed by atoms with Gasteiger partial charge in [-0.15, -0.1) is 6.58 Å². The Kier molecular flexibility index (Phi) is 6.60. The molecule has 3 aromatic rings. The first-order valence-corrected chi connectivity index (χ1v) is 13.8. The molecule has 1 aliphatic carbocycles. The van der Waals surface area contributed by atoms with Crippen LogP contribution in [0.5, 0.6) is 0 Å². The summed E-state index contributed by atoms with van der Waals surface area (Å²) in [5, 5.41) is 3.78. The van der Waals surface area contributed by atoms with Crippen LogP contribution in [0.4, 0.5) is 17.3 Å². The molecule has 3 N–H and O–H groups in total. The summed E-state index contributed by atoms with van der Waals surface area (Å²) in [6, 6.07) is 8.33. The minimum Gasteiger partial charge on any atom is -0.369 e. The number of hydrogen-bond donors (Lipinski definition) is 2. The Balaban J connectivity index is 1.33. The van der Waals surface area contributed by atoms with E-state index >= 15 is 0 Å². The lowest BCUT2D eigenvalue weighted by Crippen LogP contribution is -2.49. The third-order valence-electron chi connectivity index (χ3n) is 8.13. The summed E-state index contributed by atoms with van der Waals surface area (Å²) in [6.45, 7) is 10.4. The molecule has 0 spiro atoms. The van der Waals surface area contributed by atoms with Crippen LogP contribution in [0.15, 0.2) is 64.6 Å². The van der Waals surface area contributed by atoms with Gasteiger partial charge in [-0.05, 0) is 63.1 Å². The number of fused-ring (bicyclic) bond motifs is 2. The van der Waals surface area contributed by atoms with Crippen LogP contribution in [0, 0.1) is 0 Å². The molecule has 0 bridgehead atoms. The number of nitrogens with one attached hydrogen (secondary N) is 1. The standard InChI is InChI=1S/C29H37N9O/c1-4-14-37-27(39)23-19-31-28(32-21-8-10-22(11-9-21)36-17-15-35(3)16-18-36)34-26(23)38(37)24-12-7-20-6-5-13-29(2,30)25(20)33-24/h4,7-11,19,24H,1,5-6,12-18,30H2,2-3H3,(H,31,32,34). The van der Waals surface area contributed by atoms with Gasteiger partial charge in [-0.2, -0.15) is 4.98 Å². The molecule has 2 fully saturated rings. The van der Waals surface area contributed by atoms with Gasteiger partial charge < -0.3 is 20.9 Å². The monoisotopic (exact) mass is 527 g/mol. The molecule has 1 saturated carbocycles. The second-order valence-corrected chi connectivity index (χ2v) is 11.1. The molecule has 1 aromatic carbocycles. The van der Waals surface area contributed by atoms with E-state index in [4.69, 9.17) is 15.7 Å². The average Bonchev–Trinajstić information content (AvgIpc) is 3.20. The number of rotatable bonds is 6. The topological polar surface area (TPSA) is 110 Å². The number of dihydropyridines is 1. The Morgan fingerprint density at radius 2 is 1.97 bits per heavy atom. The Morgan fingerprint density at radius 1 is 1.21 bits per heavy atom. The number of benzene rings is 1. The third kappa shape index (κ3) is 4.79. The maximum Gasteiger partial charge on any atom is 0.278 e. The molecule has 0 radical (unpaired) electrons. The van der Waals surface area contributed by atoms with Crippen molar-refractivity contribution in [2.24, 2.45) is 10.7 Å². The molecule has 10 heteroatoms. The van der Waals surface area contributed by atoms with E-state index in [0.717, 1.165) is 56.8 Å². The Hall–Kier alpha value is -3.76. The van der Waals surface area contributed by atoms with Crippen LogP contribution < -0.4 is 21.5 Å². The van der Waals surface area contributed by atoms with E-state index in [1.807, 2.05) is 23.7 Å². The number of likely N-dealkylation sites (N-methyl/N-ethyl adjacent to an activating group) is 1. The van der Waals surface area contributed by atoms with Gasteiger partial charge in [-0.3, -0.25) is 9.79 Å². The van der Waals surface area contributed by atoms with Crippen molar-refractivity contribution in [2.45, 2.75) is 50.9 Å². The minimum atomic E-state index is -0.479. The predicted octanol–water partition coefficient (Wildman–Crippen LogP) is 3.45. The molecule has 4 heterocycles. The van der Waals surface area contributed by atoms with Crippen molar-refractivity contribution in [3.63, 3.8) is 0 Å². The van der Waals surface area contributed by atoms with Gasteiger partial charge >= 0.3 is 0 Å². The van der Waals surface area contributed by atoms with Crippen LogP contribution in [0.1, 0.15) is 38.8 Å². The van der Waals surface area contributed by atoms with E-state index in [0.29, 0.717) is 29.9 Å². The summed E-state index contributed by atoms with van der Waals surface area (Å²) in [4.78, 5) is 32.5. The van der Waals surface area contributed by atoms with E-state index < -0.39 is 5.54 Å². The fourth-order valence-electron chi connectivity index (χ4n) is 5.94. The summed E-state index contributed by atoms with van der Waals surface area (Å²) in [5.41, 5.74) is 10.8. The molecule has 6 rings (SSSR count). The van der Waals surface area contributed by atoms with Crippen molar-refractivity contribution in [2.75, 3.05) is 43.4 Å². The smallest absolute Gasteiger partial charge is 0.278 e. The van der Waals surface area contributed by atoms with Gasteiger partial charge in [0.15, 0.2) is 5.65 Å². The molecule has 39 heavy (non-hydrogen) atoms. The van der Waals surface area contributed by atoms with Gasteiger partial charge in [0.1, 0.15) is 11.6 Å². The van der Waals surface area contributed by atoms with Crippen LogP contribution >= 0.6 is 0 Å². The summed E-state index contributed by atoms with van der Waals surface area (Å²) >= 11 is 0. The lowest BCUT2D eigenvalue weighted by atomic mass is 9.77. The van der Waals surface area contributed by atoms with Crippen LogP contribution in [0.25, 0.3) is 11.0 Å². The Labute approximate surface area is 228 Å². The van der Waals surface area contributed by atoms with Crippen LogP contribution in [0.2, 0.25) is 0 Å². The number of nitrogens with two attached hydrogens (primary N) is 1. The van der Waals surface area contributed by atoms with Gasteiger partial charge in [0.25, 0.3) is 5.56 Å². The van der Waals surface area contributed by atoms with E-state index in [1.165, 1.54) is 11.3 Å².